The Morgan fingerprint density at radius 2 is 2.25 bits per heavy atom. The second-order valence-electron chi connectivity index (χ2n) is 5.02. The Kier molecular flexibility index (Phi) is 4.74. The van der Waals surface area contributed by atoms with E-state index in [1.54, 1.807) is 0 Å². The van der Waals surface area contributed by atoms with Crippen molar-refractivity contribution < 1.29 is 14.6 Å². The summed E-state index contributed by atoms with van der Waals surface area (Å²) in [7, 11) is 0. The first kappa shape index (κ1) is 13.5. The highest BCUT2D eigenvalue weighted by atomic mass is 16.5. The van der Waals surface area contributed by atoms with Gasteiger partial charge in [0.05, 0.1) is 0 Å². The normalized spacial score (nSPS) is 27.1. The van der Waals surface area contributed by atoms with Crippen molar-refractivity contribution in [3.63, 3.8) is 0 Å². The number of rotatable bonds is 5. The molecule has 2 unspecified atom stereocenters. The Bertz CT molecular complexity index is 234. The van der Waals surface area contributed by atoms with Gasteiger partial charge in [-0.2, -0.15) is 0 Å². The van der Waals surface area contributed by atoms with Crippen LogP contribution in [-0.2, 0) is 9.53 Å². The van der Waals surface area contributed by atoms with Gasteiger partial charge in [-0.25, -0.2) is 0 Å². The first-order chi connectivity index (χ1) is 7.49. The monoisotopic (exact) mass is 229 g/mol. The standard InChI is InChI=1S/C12H23NO3/c1-9(2)10(5-7-14)13-11(15)12(3)6-4-8-16-12/h9-10,14H,4-8H2,1-3H3,(H,13,15). The Hall–Kier alpha value is -0.610. The molecule has 1 saturated heterocycles. The fourth-order valence-corrected chi connectivity index (χ4v) is 1.99. The Balaban J connectivity index is 2.53. The van der Waals surface area contributed by atoms with Gasteiger partial charge in [0.15, 0.2) is 0 Å². The average Bonchev–Trinajstić information content (AvgIpc) is 2.65. The zero-order valence-corrected chi connectivity index (χ0v) is 10.5. The molecule has 0 radical (unpaired) electrons. The van der Waals surface area contributed by atoms with Crippen molar-refractivity contribution in [3.8, 4) is 0 Å². The maximum absolute atomic E-state index is 12.0. The van der Waals surface area contributed by atoms with Crippen molar-refractivity contribution in [1.29, 1.82) is 0 Å². The third kappa shape index (κ3) is 3.19. The topological polar surface area (TPSA) is 58.6 Å². The van der Waals surface area contributed by atoms with E-state index in [0.29, 0.717) is 18.9 Å². The summed E-state index contributed by atoms with van der Waals surface area (Å²) < 4.78 is 5.49. The highest BCUT2D eigenvalue weighted by Gasteiger charge is 2.38. The predicted octanol–water partition coefficient (Wildman–Crippen LogP) is 1.08. The Morgan fingerprint density at radius 3 is 2.69 bits per heavy atom. The number of aliphatic hydroxyl groups excluding tert-OH is 1. The largest absolute Gasteiger partial charge is 0.396 e. The van der Waals surface area contributed by atoms with Crippen molar-refractivity contribution >= 4 is 5.91 Å². The van der Waals surface area contributed by atoms with Gasteiger partial charge in [-0.1, -0.05) is 13.8 Å². The molecule has 1 amide bonds. The van der Waals surface area contributed by atoms with Gasteiger partial charge in [0, 0.05) is 19.3 Å². The molecule has 0 aromatic heterocycles. The minimum atomic E-state index is -0.664. The van der Waals surface area contributed by atoms with E-state index < -0.39 is 5.60 Å². The molecule has 16 heavy (non-hydrogen) atoms. The quantitative estimate of drug-likeness (QED) is 0.741. The molecule has 0 saturated carbocycles. The molecular formula is C12H23NO3. The summed E-state index contributed by atoms with van der Waals surface area (Å²) in [5.41, 5.74) is -0.664. The molecule has 0 aromatic rings. The molecule has 4 heteroatoms. The SMILES string of the molecule is CC(C)C(CCO)NC(=O)C1(C)CCCO1. The van der Waals surface area contributed by atoms with Crippen LogP contribution in [0.4, 0.5) is 0 Å². The fourth-order valence-electron chi connectivity index (χ4n) is 1.99. The molecule has 1 aliphatic heterocycles. The van der Waals surface area contributed by atoms with Gasteiger partial charge in [-0.15, -0.1) is 0 Å². The maximum Gasteiger partial charge on any atom is 0.252 e. The first-order valence-electron chi connectivity index (χ1n) is 6.05. The molecule has 1 aliphatic rings. The van der Waals surface area contributed by atoms with Crippen molar-refractivity contribution in [2.24, 2.45) is 5.92 Å². The van der Waals surface area contributed by atoms with Crippen molar-refractivity contribution in [3.05, 3.63) is 0 Å². The molecular weight excluding hydrogens is 206 g/mol. The number of nitrogens with one attached hydrogen (secondary N) is 1. The van der Waals surface area contributed by atoms with Gasteiger partial charge < -0.3 is 15.2 Å². The lowest BCUT2D eigenvalue weighted by Crippen LogP contribution is -2.49. The van der Waals surface area contributed by atoms with E-state index in [0.717, 1.165) is 12.8 Å². The minimum Gasteiger partial charge on any atom is -0.396 e. The van der Waals surface area contributed by atoms with Crippen LogP contribution in [0.25, 0.3) is 0 Å². The van der Waals surface area contributed by atoms with Gasteiger partial charge in [0.2, 0.25) is 0 Å². The average molecular weight is 229 g/mol. The summed E-state index contributed by atoms with van der Waals surface area (Å²) in [4.78, 5) is 12.0. The lowest BCUT2D eigenvalue weighted by Gasteiger charge is -2.28. The molecule has 0 aliphatic carbocycles. The molecule has 0 aromatic carbocycles. The lowest BCUT2D eigenvalue weighted by molar-refractivity contribution is -0.140. The molecule has 2 atom stereocenters. The second-order valence-corrected chi connectivity index (χ2v) is 5.02. The third-order valence-electron chi connectivity index (χ3n) is 3.26. The molecule has 0 spiro atoms. The van der Waals surface area contributed by atoms with Crippen LogP contribution in [-0.4, -0.2) is 35.9 Å². The van der Waals surface area contributed by atoms with Crippen molar-refractivity contribution in [1.82, 2.24) is 5.32 Å². The van der Waals surface area contributed by atoms with Gasteiger partial charge >= 0.3 is 0 Å². The van der Waals surface area contributed by atoms with Crippen molar-refractivity contribution in [2.75, 3.05) is 13.2 Å². The summed E-state index contributed by atoms with van der Waals surface area (Å²) >= 11 is 0. The number of aliphatic hydroxyl groups is 1. The molecule has 4 nitrogen and oxygen atoms in total. The number of hydrogen-bond acceptors (Lipinski definition) is 3. The highest BCUT2D eigenvalue weighted by Crippen LogP contribution is 2.25. The second kappa shape index (κ2) is 5.64. The zero-order chi connectivity index (χ0) is 12.2. The van der Waals surface area contributed by atoms with Gasteiger partial charge in [-0.3, -0.25) is 4.79 Å². The van der Waals surface area contributed by atoms with Crippen LogP contribution in [0, 0.1) is 5.92 Å². The van der Waals surface area contributed by atoms with Gasteiger partial charge in [0.1, 0.15) is 5.60 Å². The van der Waals surface area contributed by atoms with E-state index in [4.69, 9.17) is 9.84 Å². The summed E-state index contributed by atoms with van der Waals surface area (Å²) in [6, 6.07) is 0.0264. The minimum absolute atomic E-state index is 0.0264. The Morgan fingerprint density at radius 1 is 1.56 bits per heavy atom. The van der Waals surface area contributed by atoms with Crippen LogP contribution >= 0.6 is 0 Å². The number of hydrogen-bond donors (Lipinski definition) is 2. The highest BCUT2D eigenvalue weighted by molar-refractivity contribution is 5.85. The number of carbonyl (C=O) groups is 1. The molecule has 94 valence electrons. The first-order valence-corrected chi connectivity index (χ1v) is 6.05. The van der Waals surface area contributed by atoms with E-state index in [9.17, 15) is 4.79 Å². The lowest BCUT2D eigenvalue weighted by atomic mass is 9.97. The van der Waals surface area contributed by atoms with E-state index in [1.807, 2.05) is 20.8 Å². The van der Waals surface area contributed by atoms with Crippen molar-refractivity contribution in [2.45, 2.75) is 51.7 Å². The molecule has 1 heterocycles. The molecule has 1 rings (SSSR count). The maximum atomic E-state index is 12.0. The van der Waals surface area contributed by atoms with E-state index in [-0.39, 0.29) is 18.6 Å². The van der Waals surface area contributed by atoms with E-state index in [2.05, 4.69) is 5.32 Å². The van der Waals surface area contributed by atoms with Gasteiger partial charge in [-0.05, 0) is 32.1 Å². The van der Waals surface area contributed by atoms with Crippen LogP contribution in [0.1, 0.15) is 40.0 Å². The summed E-state index contributed by atoms with van der Waals surface area (Å²) in [6.07, 6.45) is 2.32. The zero-order valence-electron chi connectivity index (χ0n) is 10.5. The van der Waals surface area contributed by atoms with Crippen LogP contribution < -0.4 is 5.32 Å². The van der Waals surface area contributed by atoms with Gasteiger partial charge in [0.25, 0.3) is 5.91 Å². The fraction of sp³-hybridized carbons (Fsp3) is 0.917. The van der Waals surface area contributed by atoms with Crippen LogP contribution in [0.5, 0.6) is 0 Å². The number of amides is 1. The van der Waals surface area contributed by atoms with Crippen LogP contribution in [0.15, 0.2) is 0 Å². The number of ether oxygens (including phenoxy) is 1. The van der Waals surface area contributed by atoms with E-state index in [1.165, 1.54) is 0 Å². The van der Waals surface area contributed by atoms with Crippen LogP contribution in [0.3, 0.4) is 0 Å². The summed E-state index contributed by atoms with van der Waals surface area (Å²) in [6.45, 7) is 6.68. The smallest absolute Gasteiger partial charge is 0.252 e. The number of carbonyl (C=O) groups excluding carboxylic acids is 1. The van der Waals surface area contributed by atoms with E-state index >= 15 is 0 Å². The summed E-state index contributed by atoms with van der Waals surface area (Å²) in [5.74, 6) is 0.276. The molecule has 1 fully saturated rings. The third-order valence-corrected chi connectivity index (χ3v) is 3.26. The summed E-state index contributed by atoms with van der Waals surface area (Å²) in [5, 5.41) is 11.9. The molecule has 2 N–H and O–H groups in total. The predicted molar refractivity (Wildman–Crippen MR) is 62.1 cm³/mol. The van der Waals surface area contributed by atoms with Crippen LogP contribution in [0.2, 0.25) is 0 Å². The molecule has 0 bridgehead atoms. The Labute approximate surface area is 97.4 Å².